The number of hydrogen-bond donors (Lipinski definition) is 22. The van der Waals surface area contributed by atoms with E-state index in [-0.39, 0.29) is 152 Å². The first kappa shape index (κ1) is 104. The van der Waals surface area contributed by atoms with Gasteiger partial charge in [0.25, 0.3) is 0 Å². The number of hydrogen-bond acceptors (Lipinski definition) is 24. The molecule has 0 unspecified atom stereocenters. The minimum atomic E-state index is -1.98. The summed E-state index contributed by atoms with van der Waals surface area (Å²) in [5.41, 5.74) is 39.1. The van der Waals surface area contributed by atoms with Crippen LogP contribution in [0.15, 0.2) is 9.98 Å². The van der Waals surface area contributed by atoms with Gasteiger partial charge in [-0.2, -0.15) is 0 Å². The highest BCUT2D eigenvalue weighted by molar-refractivity contribution is 6.02. The standard InChI is InChI=1S/C76H128N24O23/c1-37(2)31-42(77)60(108)89-46(22-24-58(105)106)64(112)93-48(34-57(79)104)66(114)95-50(35-101)67(115)96-51(36-102)72(120)98-28-12-18-53(98)69(117)91-45(21-23-56(78)103)61(109)87-41(8)70(118)97-27-11-17-52(97)68(116)86-40(7)59(107)88-43(15-9-25-84-75(80)81)62(110)90-44(16-10-26-85-76(82)83)63(111)92-47(32-38(3)4)65(113)94-49(33-39(5)6)71(119)99-29-13-19-54(99)73(121)100-30-14-20-55(100)74(122)123/h37-55,101-102H,9-36,77H2,1-8H3,(H2,78,103)(H2,79,104)(H,86,116)(H,87,109)(H,88,107)(H,89,108)(H,90,110)(H,91,117)(H,92,111)(H,93,112)(H,94,113)(H,95,114)(H,96,115)(H,105,106)(H,122,123)(H4,80,81,84)(H4,82,83,85)/t40-,41-,42-,43-,44-,45-,46-,47-,48-,49-,50-,51-,52-,53-,54-,55-/m0/s1. The number of aliphatic carboxylic acids is 2. The van der Waals surface area contributed by atoms with E-state index in [9.17, 15) is 112 Å². The van der Waals surface area contributed by atoms with Gasteiger partial charge >= 0.3 is 11.9 Å². The van der Waals surface area contributed by atoms with Crippen molar-refractivity contribution in [3.05, 3.63) is 0 Å². The summed E-state index contributed by atoms with van der Waals surface area (Å²) in [6, 6.07) is -23.2. The quantitative estimate of drug-likeness (QED) is 0.0153. The molecular weight excluding hydrogens is 1620 g/mol. The van der Waals surface area contributed by atoms with Gasteiger partial charge in [-0.05, 0) is 141 Å². The molecule has 0 aromatic rings. The van der Waals surface area contributed by atoms with E-state index in [0.717, 1.165) is 9.80 Å². The van der Waals surface area contributed by atoms with E-state index in [2.05, 4.69) is 68.5 Å². The molecule has 47 nitrogen and oxygen atoms in total. The Labute approximate surface area is 712 Å². The van der Waals surface area contributed by atoms with E-state index >= 15 is 0 Å². The minimum absolute atomic E-state index is 0.0237. The van der Waals surface area contributed by atoms with Gasteiger partial charge in [0.1, 0.15) is 90.6 Å². The number of aliphatic hydroxyl groups is 2. The number of carboxylic acid groups (broad SMARTS) is 2. The highest BCUT2D eigenvalue weighted by Gasteiger charge is 2.47. The zero-order valence-electron chi connectivity index (χ0n) is 71.0. The van der Waals surface area contributed by atoms with E-state index in [1.807, 2.05) is 13.8 Å². The van der Waals surface area contributed by atoms with Gasteiger partial charge in [-0.1, -0.05) is 41.5 Å². The third kappa shape index (κ3) is 33.6. The normalized spacial score (nSPS) is 19.1. The monoisotopic (exact) mass is 1740 g/mol. The van der Waals surface area contributed by atoms with Crippen LogP contribution in [0.2, 0.25) is 0 Å². The average Bonchev–Trinajstić information content (AvgIpc) is 1.67. The number of primary amides is 2. The fraction of sp³-hybridized carbons (Fsp3) is 0.724. The molecule has 690 valence electrons. The summed E-state index contributed by atoms with van der Waals surface area (Å²) in [6.45, 7) is 11.0. The van der Waals surface area contributed by atoms with Crippen LogP contribution in [0.25, 0.3) is 0 Å². The highest BCUT2D eigenvalue weighted by Crippen LogP contribution is 2.28. The summed E-state index contributed by atoms with van der Waals surface area (Å²) >= 11 is 0. The van der Waals surface area contributed by atoms with Crippen LogP contribution in [0, 0.1) is 17.8 Å². The number of aliphatic hydroxyl groups excluding tert-OH is 2. The summed E-state index contributed by atoms with van der Waals surface area (Å²) in [4.78, 5) is 272. The zero-order chi connectivity index (χ0) is 92.4. The van der Waals surface area contributed by atoms with Crippen LogP contribution in [0.1, 0.15) is 184 Å². The molecule has 47 heteroatoms. The third-order valence-corrected chi connectivity index (χ3v) is 20.9. The second-order valence-corrected chi connectivity index (χ2v) is 32.5. The van der Waals surface area contributed by atoms with E-state index in [0.29, 0.717) is 12.8 Å². The molecule has 0 aromatic carbocycles. The number of carbonyl (C=O) groups excluding carboxylic acids is 17. The number of nitrogens with zero attached hydrogens (tertiary/aromatic N) is 6. The van der Waals surface area contributed by atoms with Crippen molar-refractivity contribution in [2.24, 2.45) is 67.9 Å². The van der Waals surface area contributed by atoms with Gasteiger partial charge in [0, 0.05) is 52.1 Å². The summed E-state index contributed by atoms with van der Waals surface area (Å²) in [7, 11) is 0. The van der Waals surface area contributed by atoms with Crippen molar-refractivity contribution >= 4 is 124 Å². The number of carbonyl (C=O) groups is 19. The van der Waals surface area contributed by atoms with Crippen molar-refractivity contribution in [2.75, 3.05) is 52.5 Å². The molecule has 4 heterocycles. The topological polar surface area (TPSA) is 757 Å². The van der Waals surface area contributed by atoms with Crippen molar-refractivity contribution in [2.45, 2.75) is 280 Å². The SMILES string of the molecule is CC(C)C[C@H](NC(=O)[C@H](CCCN=C(N)N)NC(=O)[C@H](CCCN=C(N)N)NC(=O)[C@H](C)NC(=O)[C@@H]1CCCN1C(=O)[C@H](C)NC(=O)[C@H](CCC(N)=O)NC(=O)[C@@H]1CCCN1C(=O)[C@H](CO)NC(=O)[C@H](CO)NC(=O)[C@H](CC(N)=O)NC(=O)[C@H](CCC(=O)O)NC(=O)[C@@H](N)CC(C)C)C(=O)N[C@@H](CC(C)C)C(=O)N1CCC[C@H]1C(=O)N1CCC[C@H]1C(=O)O. The van der Waals surface area contributed by atoms with Crippen LogP contribution >= 0.6 is 0 Å². The first-order valence-electron chi connectivity index (χ1n) is 41.5. The van der Waals surface area contributed by atoms with Crippen LogP contribution < -0.4 is 98.6 Å². The van der Waals surface area contributed by atoms with Crippen LogP contribution in [0.4, 0.5) is 0 Å². The van der Waals surface area contributed by atoms with Crippen molar-refractivity contribution in [1.29, 1.82) is 0 Å². The number of likely N-dealkylation sites (tertiary alicyclic amines) is 4. The van der Waals surface area contributed by atoms with E-state index in [1.54, 1.807) is 27.7 Å². The largest absolute Gasteiger partial charge is 0.481 e. The number of rotatable bonds is 51. The maximum atomic E-state index is 14.6. The average molecular weight is 1750 g/mol. The molecule has 123 heavy (non-hydrogen) atoms. The Hall–Kier alpha value is -11.6. The van der Waals surface area contributed by atoms with Gasteiger partial charge in [0.05, 0.1) is 25.7 Å². The number of nitrogens with one attached hydrogen (secondary N) is 11. The van der Waals surface area contributed by atoms with Crippen molar-refractivity contribution < 1.29 is 112 Å². The number of amides is 17. The van der Waals surface area contributed by atoms with Crippen molar-refractivity contribution in [1.82, 2.24) is 78.1 Å². The molecule has 16 atom stereocenters. The molecule has 17 amide bonds. The fourth-order valence-corrected chi connectivity index (χ4v) is 14.7. The smallest absolute Gasteiger partial charge is 0.326 e. The first-order valence-corrected chi connectivity index (χ1v) is 41.5. The van der Waals surface area contributed by atoms with Crippen LogP contribution in [-0.4, -0.2) is 313 Å². The lowest BCUT2D eigenvalue weighted by molar-refractivity contribution is -0.152. The van der Waals surface area contributed by atoms with E-state index in [1.165, 1.54) is 23.6 Å². The van der Waals surface area contributed by atoms with Crippen molar-refractivity contribution in [3.63, 3.8) is 0 Å². The van der Waals surface area contributed by atoms with Gasteiger partial charge in [0.15, 0.2) is 11.9 Å². The predicted molar refractivity (Wildman–Crippen MR) is 439 cm³/mol. The molecule has 0 bridgehead atoms. The Morgan fingerprint density at radius 1 is 0.358 bits per heavy atom. The zero-order valence-corrected chi connectivity index (χ0v) is 71.0. The fourth-order valence-electron chi connectivity index (χ4n) is 14.7. The Kier molecular flexibility index (Phi) is 42.7. The minimum Gasteiger partial charge on any atom is -0.481 e. The molecule has 0 spiro atoms. The third-order valence-electron chi connectivity index (χ3n) is 20.9. The predicted octanol–water partition coefficient (Wildman–Crippen LogP) is -9.03. The van der Waals surface area contributed by atoms with Crippen LogP contribution in [-0.2, 0) is 91.1 Å². The Bertz CT molecular complexity index is 3820. The maximum absolute atomic E-state index is 14.6. The molecule has 4 aliphatic rings. The molecule has 0 aliphatic carbocycles. The van der Waals surface area contributed by atoms with Gasteiger partial charge in [-0.15, -0.1) is 0 Å². The van der Waals surface area contributed by atoms with Gasteiger partial charge in [-0.25, -0.2) is 4.79 Å². The lowest BCUT2D eigenvalue weighted by atomic mass is 9.99. The highest BCUT2D eigenvalue weighted by atomic mass is 16.4. The number of aliphatic imine (C=N–C) groups is 2. The Morgan fingerprint density at radius 3 is 1.21 bits per heavy atom. The number of guanidine groups is 2. The lowest BCUT2D eigenvalue weighted by Gasteiger charge is -2.33. The second kappa shape index (κ2) is 50.7. The van der Waals surface area contributed by atoms with Crippen molar-refractivity contribution in [3.8, 4) is 0 Å². The van der Waals surface area contributed by atoms with Gasteiger partial charge in [0.2, 0.25) is 100 Å². The summed E-state index contributed by atoms with van der Waals surface area (Å²) in [6.07, 6.45) is -1.10. The van der Waals surface area contributed by atoms with Gasteiger partial charge in [-0.3, -0.25) is 96.3 Å². The molecule has 4 fully saturated rings. The summed E-state index contributed by atoms with van der Waals surface area (Å²) < 4.78 is 0. The molecule has 0 saturated carbocycles. The number of carboxylic acids is 2. The summed E-state index contributed by atoms with van der Waals surface area (Å²) in [5, 5.41) is 67.0. The molecule has 0 aromatic heterocycles. The molecule has 4 saturated heterocycles. The molecule has 29 N–H and O–H groups in total. The van der Waals surface area contributed by atoms with E-state index < -0.39 is 254 Å². The first-order chi connectivity index (χ1) is 57.8. The Balaban J connectivity index is 1.47. The molecule has 4 rings (SSSR count). The second-order valence-electron chi connectivity index (χ2n) is 32.5. The maximum Gasteiger partial charge on any atom is 0.326 e. The number of nitrogens with two attached hydrogens (primary N) is 7. The lowest BCUT2D eigenvalue weighted by Crippen LogP contribution is -2.61. The van der Waals surface area contributed by atoms with Crippen LogP contribution in [0.5, 0.6) is 0 Å². The van der Waals surface area contributed by atoms with Gasteiger partial charge < -0.3 is 139 Å². The molecule has 4 aliphatic heterocycles. The summed E-state index contributed by atoms with van der Waals surface area (Å²) in [5.74, 6) is -19.6. The Morgan fingerprint density at radius 2 is 0.724 bits per heavy atom. The van der Waals surface area contributed by atoms with E-state index in [4.69, 9.17) is 40.1 Å². The molecular formula is C76H128N24O23. The van der Waals surface area contributed by atoms with Crippen LogP contribution in [0.3, 0.4) is 0 Å². The molecule has 0 radical (unpaired) electrons.